The average molecular weight is 220 g/mol. The van der Waals surface area contributed by atoms with Crippen LogP contribution in [0.2, 0.25) is 0 Å². The average Bonchev–Trinajstić information content (AvgIpc) is 2.57. The molecule has 0 saturated carbocycles. The topological polar surface area (TPSA) is 72.0 Å². The van der Waals surface area contributed by atoms with Crippen LogP contribution in [0, 0.1) is 5.92 Å². The highest BCUT2D eigenvalue weighted by molar-refractivity contribution is 5.72. The molecule has 16 heavy (non-hydrogen) atoms. The maximum absolute atomic E-state index is 11.0. The molecule has 0 amide bonds. The molecule has 0 aliphatic rings. The number of hydrogen-bond acceptors (Lipinski definition) is 3. The minimum Gasteiger partial charge on any atom is -0.408 e. The zero-order chi connectivity index (χ0) is 11.7. The second kappa shape index (κ2) is 4.14. The molecule has 0 saturated heterocycles. The first-order valence-corrected chi connectivity index (χ1v) is 5.44. The van der Waals surface area contributed by atoms with Crippen molar-refractivity contribution in [1.29, 1.82) is 0 Å². The Kier molecular flexibility index (Phi) is 2.83. The lowest BCUT2D eigenvalue weighted by Crippen LogP contribution is -2.17. The Balaban J connectivity index is 2.48. The molecule has 0 aliphatic heterocycles. The van der Waals surface area contributed by atoms with E-state index in [1.54, 1.807) is 0 Å². The van der Waals surface area contributed by atoms with Crippen molar-refractivity contribution in [3.05, 3.63) is 34.3 Å². The minimum absolute atomic E-state index is 0.296. The number of H-pyrrole nitrogens is 1. The molecule has 4 heteroatoms. The number of aromatic amines is 1. The molecular formula is C12H16N2O2. The summed E-state index contributed by atoms with van der Waals surface area (Å²) in [6, 6.07) is 5.75. The van der Waals surface area contributed by atoms with Crippen LogP contribution in [0.4, 0.5) is 0 Å². The molecule has 0 bridgehead atoms. The number of fused-ring (bicyclic) bond motifs is 1. The number of hydrogen-bond donors (Lipinski definition) is 2. The monoisotopic (exact) mass is 220 g/mol. The number of rotatable bonds is 3. The molecule has 2 rings (SSSR count). The van der Waals surface area contributed by atoms with Crippen LogP contribution in [0.3, 0.4) is 0 Å². The van der Waals surface area contributed by atoms with Gasteiger partial charge in [-0.2, -0.15) is 0 Å². The lowest BCUT2D eigenvalue weighted by Gasteiger charge is -2.18. The summed E-state index contributed by atoms with van der Waals surface area (Å²) in [6.07, 6.45) is 0. The Morgan fingerprint density at radius 1 is 1.44 bits per heavy atom. The quantitative estimate of drug-likeness (QED) is 0.828. The van der Waals surface area contributed by atoms with Crippen molar-refractivity contribution >= 4 is 11.1 Å². The first kappa shape index (κ1) is 11.0. The smallest absolute Gasteiger partial charge is 0.408 e. The van der Waals surface area contributed by atoms with Crippen LogP contribution in [0.5, 0.6) is 0 Å². The van der Waals surface area contributed by atoms with Crippen molar-refractivity contribution in [2.24, 2.45) is 11.7 Å². The normalized spacial score (nSPS) is 13.5. The molecule has 0 spiro atoms. The SMILES string of the molecule is CC(C)C(CN)c1ccc2[nH]c(=O)oc2c1. The highest BCUT2D eigenvalue weighted by atomic mass is 16.4. The third-order valence-electron chi connectivity index (χ3n) is 2.93. The van der Waals surface area contributed by atoms with E-state index in [-0.39, 0.29) is 0 Å². The van der Waals surface area contributed by atoms with E-state index in [2.05, 4.69) is 18.8 Å². The Morgan fingerprint density at radius 2 is 2.19 bits per heavy atom. The highest BCUT2D eigenvalue weighted by Crippen LogP contribution is 2.25. The van der Waals surface area contributed by atoms with Crippen molar-refractivity contribution in [2.75, 3.05) is 6.54 Å². The molecule has 86 valence electrons. The van der Waals surface area contributed by atoms with Crippen molar-refractivity contribution in [1.82, 2.24) is 4.98 Å². The van der Waals surface area contributed by atoms with E-state index in [4.69, 9.17) is 10.2 Å². The number of benzene rings is 1. The lowest BCUT2D eigenvalue weighted by atomic mass is 9.88. The Hall–Kier alpha value is -1.55. The molecule has 2 aromatic rings. The summed E-state index contributed by atoms with van der Waals surface area (Å²) < 4.78 is 5.03. The fourth-order valence-electron chi connectivity index (χ4n) is 1.99. The third-order valence-corrected chi connectivity index (χ3v) is 2.93. The Bertz CT molecular complexity index is 539. The summed E-state index contributed by atoms with van der Waals surface area (Å²) in [7, 11) is 0. The van der Waals surface area contributed by atoms with Gasteiger partial charge in [-0.15, -0.1) is 0 Å². The first-order chi connectivity index (χ1) is 7.61. The highest BCUT2D eigenvalue weighted by Gasteiger charge is 2.15. The number of nitrogens with two attached hydrogens (primary N) is 1. The van der Waals surface area contributed by atoms with Gasteiger partial charge in [-0.3, -0.25) is 4.98 Å². The summed E-state index contributed by atoms with van der Waals surface area (Å²) in [5.41, 5.74) is 8.20. The molecule has 3 N–H and O–H groups in total. The maximum atomic E-state index is 11.0. The second-order valence-corrected chi connectivity index (χ2v) is 4.36. The Labute approximate surface area is 93.5 Å². The molecule has 0 fully saturated rings. The van der Waals surface area contributed by atoms with Crippen LogP contribution < -0.4 is 11.5 Å². The third kappa shape index (κ3) is 1.88. The molecule has 1 atom stereocenters. The lowest BCUT2D eigenvalue weighted by molar-refractivity contribution is 0.505. The van der Waals surface area contributed by atoms with E-state index in [1.165, 1.54) is 0 Å². The molecule has 0 aliphatic carbocycles. The van der Waals surface area contributed by atoms with Gasteiger partial charge in [0.1, 0.15) is 0 Å². The molecule has 1 unspecified atom stereocenters. The van der Waals surface area contributed by atoms with E-state index in [0.717, 1.165) is 11.1 Å². The summed E-state index contributed by atoms with van der Waals surface area (Å²) in [4.78, 5) is 13.6. The molecular weight excluding hydrogens is 204 g/mol. The number of nitrogens with one attached hydrogen (secondary N) is 1. The standard InChI is InChI=1S/C12H16N2O2/c1-7(2)9(6-13)8-3-4-10-11(5-8)16-12(15)14-10/h3-5,7,9H,6,13H2,1-2H3,(H,14,15). The van der Waals surface area contributed by atoms with Crippen LogP contribution in [0.1, 0.15) is 25.3 Å². The van der Waals surface area contributed by atoms with Crippen molar-refractivity contribution in [3.63, 3.8) is 0 Å². The van der Waals surface area contributed by atoms with Gasteiger partial charge < -0.3 is 10.2 Å². The van der Waals surface area contributed by atoms with Crippen LogP contribution in [0.25, 0.3) is 11.1 Å². The van der Waals surface area contributed by atoms with Crippen LogP contribution in [0.15, 0.2) is 27.4 Å². The van der Waals surface area contributed by atoms with Gasteiger partial charge in [0.05, 0.1) is 5.52 Å². The second-order valence-electron chi connectivity index (χ2n) is 4.36. The summed E-state index contributed by atoms with van der Waals surface area (Å²) in [5, 5.41) is 0. The molecule has 0 radical (unpaired) electrons. The van der Waals surface area contributed by atoms with Crippen LogP contribution >= 0.6 is 0 Å². The fraction of sp³-hybridized carbons (Fsp3) is 0.417. The zero-order valence-corrected chi connectivity index (χ0v) is 9.49. The van der Waals surface area contributed by atoms with Crippen LogP contribution in [-0.4, -0.2) is 11.5 Å². The first-order valence-electron chi connectivity index (χ1n) is 5.44. The fourth-order valence-corrected chi connectivity index (χ4v) is 1.99. The van der Waals surface area contributed by atoms with E-state index in [0.29, 0.717) is 24.0 Å². The Morgan fingerprint density at radius 3 is 2.81 bits per heavy atom. The van der Waals surface area contributed by atoms with E-state index >= 15 is 0 Å². The van der Waals surface area contributed by atoms with Crippen molar-refractivity contribution in [2.45, 2.75) is 19.8 Å². The van der Waals surface area contributed by atoms with Gasteiger partial charge in [-0.25, -0.2) is 4.79 Å². The minimum atomic E-state index is -0.416. The van der Waals surface area contributed by atoms with Gasteiger partial charge in [-0.1, -0.05) is 19.9 Å². The molecule has 4 nitrogen and oxygen atoms in total. The summed E-state index contributed by atoms with van der Waals surface area (Å²) >= 11 is 0. The predicted molar refractivity (Wildman–Crippen MR) is 63.5 cm³/mol. The van der Waals surface area contributed by atoms with Crippen LogP contribution in [-0.2, 0) is 0 Å². The maximum Gasteiger partial charge on any atom is 0.417 e. The number of oxazole rings is 1. The van der Waals surface area contributed by atoms with Gasteiger partial charge in [0.2, 0.25) is 0 Å². The molecule has 1 heterocycles. The largest absolute Gasteiger partial charge is 0.417 e. The summed E-state index contributed by atoms with van der Waals surface area (Å²) in [5.74, 6) is 0.346. The van der Waals surface area contributed by atoms with Gasteiger partial charge in [0.25, 0.3) is 0 Å². The van der Waals surface area contributed by atoms with E-state index < -0.39 is 5.76 Å². The van der Waals surface area contributed by atoms with Crippen molar-refractivity contribution in [3.8, 4) is 0 Å². The van der Waals surface area contributed by atoms with Gasteiger partial charge in [-0.05, 0) is 36.1 Å². The zero-order valence-electron chi connectivity index (χ0n) is 9.49. The number of aromatic nitrogens is 1. The molecule has 1 aromatic carbocycles. The van der Waals surface area contributed by atoms with E-state index in [9.17, 15) is 4.79 Å². The van der Waals surface area contributed by atoms with Gasteiger partial charge in [0, 0.05) is 0 Å². The predicted octanol–water partition coefficient (Wildman–Crippen LogP) is 1.82. The van der Waals surface area contributed by atoms with Crippen molar-refractivity contribution < 1.29 is 4.42 Å². The van der Waals surface area contributed by atoms with E-state index in [1.807, 2.05) is 18.2 Å². The summed E-state index contributed by atoms with van der Waals surface area (Å²) in [6.45, 7) is 4.86. The van der Waals surface area contributed by atoms with Gasteiger partial charge in [0.15, 0.2) is 5.58 Å². The van der Waals surface area contributed by atoms with Gasteiger partial charge >= 0.3 is 5.76 Å². The molecule has 1 aromatic heterocycles.